The average Bonchev–Trinajstić information content (AvgIpc) is 3.18. The van der Waals surface area contributed by atoms with Gasteiger partial charge in [-0.3, -0.25) is 23.5 Å². The Morgan fingerprint density at radius 2 is 1.91 bits per heavy atom. The number of imidazole rings is 1. The Morgan fingerprint density at radius 3 is 2.62 bits per heavy atom. The minimum absolute atomic E-state index is 0.0583. The van der Waals surface area contributed by atoms with Crippen molar-refractivity contribution >= 4 is 28.0 Å². The summed E-state index contributed by atoms with van der Waals surface area (Å²) in [7, 11) is 3.48. The molecule has 4 aromatic rings. The van der Waals surface area contributed by atoms with Crippen LogP contribution in [0.3, 0.4) is 0 Å². The monoisotopic (exact) mass is 459 g/mol. The number of benzene rings is 1. The van der Waals surface area contributed by atoms with E-state index in [0.29, 0.717) is 29.4 Å². The molecule has 3 heterocycles. The van der Waals surface area contributed by atoms with Crippen LogP contribution in [-0.2, 0) is 20.1 Å². The van der Waals surface area contributed by atoms with Gasteiger partial charge in [-0.15, -0.1) is 5.92 Å². The Hall–Kier alpha value is -3.90. The van der Waals surface area contributed by atoms with Gasteiger partial charge in [0.15, 0.2) is 11.2 Å². The molecule has 1 aromatic carbocycles. The second-order valence-corrected chi connectivity index (χ2v) is 8.64. The summed E-state index contributed by atoms with van der Waals surface area (Å²) >= 11 is 0. The lowest BCUT2D eigenvalue weighted by atomic mass is 10.1. The summed E-state index contributed by atoms with van der Waals surface area (Å²) in [5.41, 5.74) is 8.27. The van der Waals surface area contributed by atoms with Crippen LogP contribution in [0.1, 0.15) is 25.1 Å². The van der Waals surface area contributed by atoms with Gasteiger partial charge in [0.25, 0.3) is 5.56 Å². The maximum absolute atomic E-state index is 13.7. The van der Waals surface area contributed by atoms with Gasteiger partial charge in [0.05, 0.1) is 24.3 Å². The van der Waals surface area contributed by atoms with Gasteiger partial charge in [0.2, 0.25) is 5.95 Å². The molecular formula is C25H29N7O2. The minimum Gasteiger partial charge on any atom is -0.344 e. The molecule has 0 aliphatic rings. The zero-order valence-electron chi connectivity index (χ0n) is 20.2. The summed E-state index contributed by atoms with van der Waals surface area (Å²) in [6.07, 6.45) is 0. The second-order valence-electron chi connectivity index (χ2n) is 8.64. The molecule has 0 spiro atoms. The number of aryl methyl sites for hydroxylation is 2. The lowest BCUT2D eigenvalue weighted by Crippen LogP contribution is -2.40. The number of rotatable bonds is 6. The molecule has 0 saturated carbocycles. The lowest BCUT2D eigenvalue weighted by molar-refractivity contribution is 0.645. The lowest BCUT2D eigenvalue weighted by Gasteiger charge is -2.20. The van der Waals surface area contributed by atoms with Crippen molar-refractivity contribution in [2.75, 3.05) is 18.5 Å². The number of nitrogens with zero attached hydrogens (tertiary/aromatic N) is 6. The predicted molar refractivity (Wildman–Crippen MR) is 135 cm³/mol. The van der Waals surface area contributed by atoms with Crippen LogP contribution in [-0.4, -0.2) is 43.3 Å². The Morgan fingerprint density at radius 1 is 1.18 bits per heavy atom. The van der Waals surface area contributed by atoms with Crippen LogP contribution in [0.15, 0.2) is 39.9 Å². The Labute approximate surface area is 197 Å². The fraction of sp³-hybridized carbons (Fsp3) is 0.360. The van der Waals surface area contributed by atoms with Gasteiger partial charge in [-0.05, 0) is 38.5 Å². The molecule has 0 fully saturated rings. The van der Waals surface area contributed by atoms with E-state index in [1.54, 1.807) is 18.5 Å². The first-order valence-electron chi connectivity index (χ1n) is 11.1. The molecule has 4 rings (SSSR count). The van der Waals surface area contributed by atoms with Gasteiger partial charge in [0, 0.05) is 32.1 Å². The van der Waals surface area contributed by atoms with E-state index in [0.717, 1.165) is 16.5 Å². The Balaban J connectivity index is 1.93. The van der Waals surface area contributed by atoms with E-state index in [-0.39, 0.29) is 19.1 Å². The van der Waals surface area contributed by atoms with Crippen molar-refractivity contribution < 1.29 is 0 Å². The highest BCUT2D eigenvalue weighted by molar-refractivity contribution is 5.82. The molecule has 1 atom stereocenters. The third-order valence-electron chi connectivity index (χ3n) is 5.83. The highest BCUT2D eigenvalue weighted by atomic mass is 16.2. The molecule has 0 aliphatic carbocycles. The van der Waals surface area contributed by atoms with E-state index in [2.05, 4.69) is 21.8 Å². The van der Waals surface area contributed by atoms with Crippen molar-refractivity contribution in [3.63, 3.8) is 0 Å². The molecule has 34 heavy (non-hydrogen) atoms. The molecule has 2 N–H and O–H groups in total. The first-order valence-corrected chi connectivity index (χ1v) is 11.1. The number of aromatic nitrogens is 5. The number of para-hydroxylation sites is 1. The highest BCUT2D eigenvalue weighted by Crippen LogP contribution is 2.20. The molecule has 0 bridgehead atoms. The second kappa shape index (κ2) is 9.15. The molecule has 176 valence electrons. The molecular weight excluding hydrogens is 430 g/mol. The predicted octanol–water partition coefficient (Wildman–Crippen LogP) is 1.61. The quantitative estimate of drug-likeness (QED) is 0.440. The van der Waals surface area contributed by atoms with Gasteiger partial charge in [0.1, 0.15) is 0 Å². The van der Waals surface area contributed by atoms with E-state index in [1.165, 1.54) is 9.13 Å². The van der Waals surface area contributed by atoms with Crippen LogP contribution < -0.4 is 21.9 Å². The first kappa shape index (κ1) is 23.3. The summed E-state index contributed by atoms with van der Waals surface area (Å²) in [5, 5.41) is 1.04. The highest BCUT2D eigenvalue weighted by Gasteiger charge is 2.22. The smallest absolute Gasteiger partial charge is 0.332 e. The third kappa shape index (κ3) is 4.08. The number of anilines is 1. The number of fused-ring (bicyclic) bond motifs is 2. The van der Waals surface area contributed by atoms with E-state index in [9.17, 15) is 9.59 Å². The normalized spacial score (nSPS) is 12.1. The van der Waals surface area contributed by atoms with Crippen molar-refractivity contribution in [2.45, 2.75) is 39.9 Å². The number of hydrogen-bond acceptors (Lipinski definition) is 6. The van der Waals surface area contributed by atoms with Crippen LogP contribution in [0, 0.1) is 18.8 Å². The summed E-state index contributed by atoms with van der Waals surface area (Å²) in [6, 6.07) is 9.63. The summed E-state index contributed by atoms with van der Waals surface area (Å²) < 4.78 is 4.38. The molecule has 0 amide bonds. The van der Waals surface area contributed by atoms with Gasteiger partial charge < -0.3 is 10.6 Å². The van der Waals surface area contributed by atoms with Gasteiger partial charge in [-0.25, -0.2) is 4.79 Å². The van der Waals surface area contributed by atoms with Gasteiger partial charge in [-0.1, -0.05) is 24.1 Å². The van der Waals surface area contributed by atoms with Crippen LogP contribution in [0.4, 0.5) is 5.95 Å². The van der Waals surface area contributed by atoms with Crippen LogP contribution in [0.2, 0.25) is 0 Å². The molecule has 9 nitrogen and oxygen atoms in total. The van der Waals surface area contributed by atoms with Crippen molar-refractivity contribution in [1.29, 1.82) is 0 Å². The van der Waals surface area contributed by atoms with Crippen LogP contribution >= 0.6 is 0 Å². The SMILES string of the molecule is CC#CCn1c(N(C)C[C@H](C)N)nc2c1c(=O)n(Cc1cc(C)c3ccccc3n1)c(=O)n2C. The number of nitrogens with two attached hydrogens (primary N) is 1. The van der Waals surface area contributed by atoms with Crippen molar-refractivity contribution in [3.05, 3.63) is 62.4 Å². The molecule has 0 unspecified atom stereocenters. The van der Waals surface area contributed by atoms with Crippen LogP contribution in [0.25, 0.3) is 22.1 Å². The maximum Gasteiger partial charge on any atom is 0.332 e. The molecule has 0 aliphatic heterocycles. The maximum atomic E-state index is 13.7. The average molecular weight is 460 g/mol. The summed E-state index contributed by atoms with van der Waals surface area (Å²) in [5.74, 6) is 6.43. The van der Waals surface area contributed by atoms with E-state index in [1.807, 2.05) is 56.1 Å². The standard InChI is InChI=1S/C25H29N7O2/c1-6-7-12-31-21-22(28-24(31)29(4)14-17(3)26)30(5)25(34)32(23(21)33)15-18-13-16(2)19-10-8-9-11-20(19)27-18/h8-11,13,17H,12,14-15,26H2,1-5H3/t17-/m0/s1. The van der Waals surface area contributed by atoms with E-state index in [4.69, 9.17) is 5.73 Å². The number of hydrogen-bond donors (Lipinski definition) is 1. The number of pyridine rings is 1. The minimum atomic E-state index is -0.447. The van der Waals surface area contributed by atoms with E-state index < -0.39 is 11.2 Å². The fourth-order valence-electron chi connectivity index (χ4n) is 4.27. The topological polar surface area (TPSA) is 104 Å². The Kier molecular flexibility index (Phi) is 6.26. The molecule has 0 saturated heterocycles. The van der Waals surface area contributed by atoms with Gasteiger partial charge in [-0.2, -0.15) is 4.98 Å². The number of likely N-dealkylation sites (N-methyl/N-ethyl adjacent to an activating group) is 1. The molecule has 0 radical (unpaired) electrons. The summed E-state index contributed by atoms with van der Waals surface area (Å²) in [4.78, 5) is 38.1. The molecule has 3 aromatic heterocycles. The zero-order valence-corrected chi connectivity index (χ0v) is 20.2. The van der Waals surface area contributed by atoms with Gasteiger partial charge >= 0.3 is 5.69 Å². The van der Waals surface area contributed by atoms with Crippen molar-refractivity contribution in [1.82, 2.24) is 23.7 Å². The fourth-order valence-corrected chi connectivity index (χ4v) is 4.27. The first-order chi connectivity index (χ1) is 16.2. The molecule has 9 heteroatoms. The van der Waals surface area contributed by atoms with E-state index >= 15 is 0 Å². The zero-order chi connectivity index (χ0) is 24.6. The van der Waals surface area contributed by atoms with Crippen molar-refractivity contribution in [2.24, 2.45) is 12.8 Å². The summed E-state index contributed by atoms with van der Waals surface area (Å²) in [6.45, 7) is 6.50. The largest absolute Gasteiger partial charge is 0.344 e. The Bertz CT molecular complexity index is 1560. The van der Waals surface area contributed by atoms with Crippen molar-refractivity contribution in [3.8, 4) is 11.8 Å². The third-order valence-corrected chi connectivity index (χ3v) is 5.83. The van der Waals surface area contributed by atoms with Crippen LogP contribution in [0.5, 0.6) is 0 Å².